The number of carbonyl (C=O) groups is 1. The zero-order valence-electron chi connectivity index (χ0n) is 14.9. The molecular weight excluding hydrogens is 356 g/mol. The van der Waals surface area contributed by atoms with E-state index in [0.29, 0.717) is 31.3 Å². The highest BCUT2D eigenvalue weighted by molar-refractivity contribution is 6.31. The molecule has 0 radical (unpaired) electrons. The van der Waals surface area contributed by atoms with E-state index in [1.165, 1.54) is 0 Å². The van der Waals surface area contributed by atoms with Gasteiger partial charge in [-0.1, -0.05) is 11.6 Å². The molecule has 26 heavy (non-hydrogen) atoms. The predicted molar refractivity (Wildman–Crippen MR) is 102 cm³/mol. The number of nitrogens with one attached hydrogen (secondary N) is 2. The summed E-state index contributed by atoms with van der Waals surface area (Å²) < 4.78 is 16.2. The molecule has 7 heteroatoms. The molecule has 2 N–H and O–H groups in total. The Kier molecular flexibility index (Phi) is 7.89. The third-order valence-corrected chi connectivity index (χ3v) is 3.93. The van der Waals surface area contributed by atoms with E-state index in [1.807, 2.05) is 37.3 Å². The summed E-state index contributed by atoms with van der Waals surface area (Å²) in [4.78, 5) is 11.7. The fourth-order valence-corrected chi connectivity index (χ4v) is 2.23. The highest BCUT2D eigenvalue weighted by Crippen LogP contribution is 2.20. The fraction of sp³-hybridized carbons (Fsp3) is 0.316. The smallest absolute Gasteiger partial charge is 0.315 e. The molecule has 0 saturated carbocycles. The molecule has 0 bridgehead atoms. The van der Waals surface area contributed by atoms with Crippen LogP contribution in [0.1, 0.15) is 5.56 Å². The molecule has 0 fully saturated rings. The van der Waals surface area contributed by atoms with Crippen LogP contribution in [0.4, 0.5) is 4.79 Å². The first kappa shape index (κ1) is 19.7. The first-order chi connectivity index (χ1) is 12.6. The van der Waals surface area contributed by atoms with E-state index in [1.54, 1.807) is 19.2 Å². The molecule has 0 atom stereocenters. The molecule has 0 spiro atoms. The predicted octanol–water partition coefficient (Wildman–Crippen LogP) is 3.41. The third kappa shape index (κ3) is 6.72. The van der Waals surface area contributed by atoms with Crippen LogP contribution in [0, 0.1) is 6.92 Å². The van der Waals surface area contributed by atoms with Gasteiger partial charge in [0, 0.05) is 5.02 Å². The molecule has 0 aromatic heterocycles. The number of ether oxygens (including phenoxy) is 3. The van der Waals surface area contributed by atoms with Gasteiger partial charge in [-0.3, -0.25) is 0 Å². The summed E-state index contributed by atoms with van der Waals surface area (Å²) in [5, 5.41) is 6.14. The Morgan fingerprint density at radius 2 is 1.46 bits per heavy atom. The summed E-state index contributed by atoms with van der Waals surface area (Å²) in [6, 6.07) is 12.4. The summed E-state index contributed by atoms with van der Waals surface area (Å²) in [5.41, 5.74) is 0.951. The van der Waals surface area contributed by atoms with Gasteiger partial charge in [-0.25, -0.2) is 4.79 Å². The highest BCUT2D eigenvalue weighted by Gasteiger charge is 2.01. The van der Waals surface area contributed by atoms with E-state index >= 15 is 0 Å². The summed E-state index contributed by atoms with van der Waals surface area (Å²) in [7, 11) is 1.61. The number of urea groups is 1. The average molecular weight is 379 g/mol. The Morgan fingerprint density at radius 1 is 0.923 bits per heavy atom. The van der Waals surface area contributed by atoms with Gasteiger partial charge in [-0.15, -0.1) is 0 Å². The second kappa shape index (κ2) is 10.4. The van der Waals surface area contributed by atoms with Gasteiger partial charge >= 0.3 is 6.03 Å². The molecule has 0 aliphatic carbocycles. The molecule has 2 rings (SSSR count). The van der Waals surface area contributed by atoms with Gasteiger partial charge in [0.2, 0.25) is 0 Å². The minimum Gasteiger partial charge on any atom is -0.497 e. The largest absolute Gasteiger partial charge is 0.497 e. The SMILES string of the molecule is COc1ccc(OCCNC(=O)NCCOc2ccc(Cl)c(C)c2)cc1. The van der Waals surface area contributed by atoms with Gasteiger partial charge in [0.05, 0.1) is 20.2 Å². The molecule has 2 aromatic rings. The van der Waals surface area contributed by atoms with Crippen LogP contribution >= 0.6 is 11.6 Å². The standard InChI is InChI=1S/C19H23ClN2O4/c1-14-13-17(7-8-18(14)20)26-12-10-22-19(23)21-9-11-25-16-5-3-15(24-2)4-6-16/h3-8,13H,9-12H2,1-2H3,(H2,21,22,23). The van der Waals surface area contributed by atoms with E-state index in [0.717, 1.165) is 22.8 Å². The Balaban J connectivity index is 1.55. The van der Waals surface area contributed by atoms with E-state index in [4.69, 9.17) is 25.8 Å². The summed E-state index contributed by atoms with van der Waals surface area (Å²) >= 11 is 5.96. The van der Waals surface area contributed by atoms with E-state index < -0.39 is 0 Å². The summed E-state index contributed by atoms with van der Waals surface area (Å²) in [6.07, 6.45) is 0. The minimum absolute atomic E-state index is 0.265. The van der Waals surface area contributed by atoms with Gasteiger partial charge in [-0.05, 0) is 55.0 Å². The lowest BCUT2D eigenvalue weighted by Crippen LogP contribution is -2.39. The van der Waals surface area contributed by atoms with Gasteiger partial charge in [0.15, 0.2) is 0 Å². The second-order valence-electron chi connectivity index (χ2n) is 5.47. The number of hydrogen-bond donors (Lipinski definition) is 2. The quantitative estimate of drug-likeness (QED) is 0.656. The van der Waals surface area contributed by atoms with Gasteiger partial charge in [-0.2, -0.15) is 0 Å². The van der Waals surface area contributed by atoms with Crippen molar-refractivity contribution >= 4 is 17.6 Å². The number of aryl methyl sites for hydroxylation is 1. The number of carbonyl (C=O) groups excluding carboxylic acids is 1. The van der Waals surface area contributed by atoms with Crippen LogP contribution in [0.5, 0.6) is 17.2 Å². The van der Waals surface area contributed by atoms with Crippen molar-refractivity contribution in [3.05, 3.63) is 53.1 Å². The summed E-state index contributed by atoms with van der Waals surface area (Å²) in [5.74, 6) is 2.22. The Bertz CT molecular complexity index is 707. The van der Waals surface area contributed by atoms with Crippen molar-refractivity contribution in [1.29, 1.82) is 0 Å². The lowest BCUT2D eigenvalue weighted by molar-refractivity contribution is 0.232. The van der Waals surface area contributed by atoms with Crippen molar-refractivity contribution in [1.82, 2.24) is 10.6 Å². The van der Waals surface area contributed by atoms with Crippen molar-refractivity contribution in [3.8, 4) is 17.2 Å². The van der Waals surface area contributed by atoms with Gasteiger partial charge in [0.1, 0.15) is 30.5 Å². The molecular formula is C19H23ClN2O4. The van der Waals surface area contributed by atoms with Crippen LogP contribution in [-0.4, -0.2) is 39.4 Å². The number of amides is 2. The molecule has 0 saturated heterocycles. The van der Waals surface area contributed by atoms with Crippen LogP contribution < -0.4 is 24.8 Å². The Hall–Kier alpha value is -2.60. The lowest BCUT2D eigenvalue weighted by atomic mass is 10.2. The van der Waals surface area contributed by atoms with Crippen LogP contribution in [0.15, 0.2) is 42.5 Å². The van der Waals surface area contributed by atoms with Crippen molar-refractivity contribution in [2.45, 2.75) is 6.92 Å². The minimum atomic E-state index is -0.265. The first-order valence-corrected chi connectivity index (χ1v) is 8.64. The van der Waals surface area contributed by atoms with Crippen LogP contribution in [0.25, 0.3) is 0 Å². The number of halogens is 1. The fourth-order valence-electron chi connectivity index (χ4n) is 2.11. The monoisotopic (exact) mass is 378 g/mol. The maximum Gasteiger partial charge on any atom is 0.315 e. The van der Waals surface area contributed by atoms with Crippen LogP contribution in [-0.2, 0) is 0 Å². The Labute approximate surface area is 158 Å². The zero-order chi connectivity index (χ0) is 18.8. The average Bonchev–Trinajstić information content (AvgIpc) is 2.65. The maximum absolute atomic E-state index is 11.7. The molecule has 0 heterocycles. The van der Waals surface area contributed by atoms with Crippen molar-refractivity contribution < 1.29 is 19.0 Å². The molecule has 2 amide bonds. The van der Waals surface area contributed by atoms with Crippen molar-refractivity contribution in [2.75, 3.05) is 33.4 Å². The van der Waals surface area contributed by atoms with Gasteiger partial charge < -0.3 is 24.8 Å². The van der Waals surface area contributed by atoms with Gasteiger partial charge in [0.25, 0.3) is 0 Å². The zero-order valence-corrected chi connectivity index (χ0v) is 15.6. The number of methoxy groups -OCH3 is 1. The Morgan fingerprint density at radius 3 is 2.04 bits per heavy atom. The molecule has 0 unspecified atom stereocenters. The highest BCUT2D eigenvalue weighted by atomic mass is 35.5. The molecule has 0 aliphatic heterocycles. The second-order valence-corrected chi connectivity index (χ2v) is 5.87. The third-order valence-electron chi connectivity index (χ3n) is 3.50. The number of rotatable bonds is 9. The van der Waals surface area contributed by atoms with E-state index in [9.17, 15) is 4.79 Å². The molecule has 2 aromatic carbocycles. The van der Waals surface area contributed by atoms with E-state index in [2.05, 4.69) is 10.6 Å². The van der Waals surface area contributed by atoms with Crippen molar-refractivity contribution in [2.24, 2.45) is 0 Å². The van der Waals surface area contributed by atoms with Crippen LogP contribution in [0.3, 0.4) is 0 Å². The molecule has 140 valence electrons. The van der Waals surface area contributed by atoms with E-state index in [-0.39, 0.29) is 6.03 Å². The first-order valence-electron chi connectivity index (χ1n) is 8.26. The maximum atomic E-state index is 11.7. The summed E-state index contributed by atoms with van der Waals surface area (Å²) in [6.45, 7) is 3.45. The van der Waals surface area contributed by atoms with Crippen LogP contribution in [0.2, 0.25) is 5.02 Å². The topological polar surface area (TPSA) is 68.8 Å². The van der Waals surface area contributed by atoms with Crippen molar-refractivity contribution in [3.63, 3.8) is 0 Å². The molecule has 6 nitrogen and oxygen atoms in total. The number of hydrogen-bond acceptors (Lipinski definition) is 4. The lowest BCUT2D eigenvalue weighted by Gasteiger charge is -2.10. The normalized spacial score (nSPS) is 10.1. The molecule has 0 aliphatic rings. The number of benzene rings is 2.